The Labute approximate surface area is 181 Å². The Hall–Kier alpha value is -2.74. The van der Waals surface area contributed by atoms with Crippen molar-refractivity contribution in [2.75, 3.05) is 17.6 Å². The van der Waals surface area contributed by atoms with Crippen LogP contribution in [0.25, 0.3) is 0 Å². The minimum atomic E-state index is -0.522. The molecule has 3 aromatic rings. The van der Waals surface area contributed by atoms with E-state index in [1.807, 2.05) is 54.6 Å². The smallest absolute Gasteiger partial charge is 0.230 e. The Morgan fingerprint density at radius 3 is 2.53 bits per heavy atom. The number of aliphatic hydroxyl groups excluding tert-OH is 1. The van der Waals surface area contributed by atoms with Crippen LogP contribution in [-0.4, -0.2) is 28.6 Å². The number of nitrogen functional groups attached to an aromatic ring is 1. The predicted octanol–water partition coefficient (Wildman–Crippen LogP) is 3.55. The lowest BCUT2D eigenvalue weighted by molar-refractivity contribution is -0.115. The van der Waals surface area contributed by atoms with Crippen molar-refractivity contribution in [2.45, 2.75) is 38.3 Å². The van der Waals surface area contributed by atoms with Crippen molar-refractivity contribution in [3.63, 3.8) is 0 Å². The first kappa shape index (κ1) is 22.0. The first-order valence-electron chi connectivity index (χ1n) is 10.1. The molecular weight excluding hydrogens is 396 g/mol. The molecule has 0 spiro atoms. The van der Waals surface area contributed by atoms with Crippen molar-refractivity contribution < 1.29 is 9.90 Å². The third-order valence-corrected chi connectivity index (χ3v) is 5.63. The highest BCUT2D eigenvalue weighted by Crippen LogP contribution is 2.16. The summed E-state index contributed by atoms with van der Waals surface area (Å²) in [6, 6.07) is 17.8. The number of carbonyl (C=O) groups is 1. The maximum Gasteiger partial charge on any atom is 0.230 e. The molecule has 5 N–H and O–H groups in total. The predicted molar refractivity (Wildman–Crippen MR) is 122 cm³/mol. The van der Waals surface area contributed by atoms with Crippen molar-refractivity contribution in [1.82, 2.24) is 10.3 Å². The monoisotopic (exact) mass is 424 g/mol. The summed E-state index contributed by atoms with van der Waals surface area (Å²) in [6.45, 7) is 2.64. The van der Waals surface area contributed by atoms with Crippen LogP contribution in [0, 0.1) is 0 Å². The van der Waals surface area contributed by atoms with Gasteiger partial charge in [-0.1, -0.05) is 49.4 Å². The highest BCUT2D eigenvalue weighted by Gasteiger charge is 2.12. The SMILES string of the molecule is CCC(Cc1ccc(NC(=O)Cc2csc(N)n2)cc1)NCC(O)c1ccccc1. The Bertz CT molecular complexity index is 928. The zero-order valence-electron chi connectivity index (χ0n) is 17.0. The Morgan fingerprint density at radius 1 is 1.17 bits per heavy atom. The van der Waals surface area contributed by atoms with Gasteiger partial charge in [0.25, 0.3) is 0 Å². The van der Waals surface area contributed by atoms with Gasteiger partial charge in [-0.25, -0.2) is 4.98 Å². The summed E-state index contributed by atoms with van der Waals surface area (Å²) in [5, 5.41) is 19.0. The van der Waals surface area contributed by atoms with E-state index < -0.39 is 6.10 Å². The topological polar surface area (TPSA) is 100 Å². The van der Waals surface area contributed by atoms with E-state index in [9.17, 15) is 9.90 Å². The molecule has 30 heavy (non-hydrogen) atoms. The number of thiazole rings is 1. The molecule has 1 heterocycles. The average Bonchev–Trinajstić information content (AvgIpc) is 3.17. The van der Waals surface area contributed by atoms with E-state index in [2.05, 4.69) is 22.5 Å². The number of aromatic nitrogens is 1. The lowest BCUT2D eigenvalue weighted by Gasteiger charge is -2.20. The minimum absolute atomic E-state index is 0.115. The number of nitrogens with two attached hydrogens (primary N) is 1. The standard InChI is InChI=1S/C23H28N4O2S/c1-2-18(25-14-21(28)17-6-4-3-5-7-17)12-16-8-10-19(11-9-16)26-22(29)13-20-15-30-23(24)27-20/h3-11,15,18,21,25,28H,2,12-14H2,1H3,(H2,24,27)(H,26,29). The Morgan fingerprint density at radius 2 is 1.90 bits per heavy atom. The van der Waals surface area contributed by atoms with Crippen molar-refractivity contribution in [3.05, 3.63) is 76.8 Å². The summed E-state index contributed by atoms with van der Waals surface area (Å²) in [7, 11) is 0. The van der Waals surface area contributed by atoms with Crippen LogP contribution in [0.15, 0.2) is 60.0 Å². The number of carbonyl (C=O) groups excluding carboxylic acids is 1. The third-order valence-electron chi connectivity index (χ3n) is 4.91. The number of amides is 1. The summed E-state index contributed by atoms with van der Waals surface area (Å²) in [4.78, 5) is 16.3. The molecule has 2 unspecified atom stereocenters. The fraction of sp³-hybridized carbons (Fsp3) is 0.304. The van der Waals surface area contributed by atoms with Gasteiger partial charge in [0.05, 0.1) is 18.2 Å². The molecule has 0 aliphatic rings. The maximum absolute atomic E-state index is 12.1. The summed E-state index contributed by atoms with van der Waals surface area (Å²) < 4.78 is 0. The molecule has 0 saturated heterocycles. The number of rotatable bonds is 10. The molecule has 7 heteroatoms. The molecule has 0 radical (unpaired) electrons. The van der Waals surface area contributed by atoms with Gasteiger partial charge in [0.15, 0.2) is 5.13 Å². The van der Waals surface area contributed by atoms with Gasteiger partial charge in [-0.2, -0.15) is 0 Å². The molecule has 0 fully saturated rings. The van der Waals surface area contributed by atoms with Crippen molar-refractivity contribution >= 4 is 28.1 Å². The molecule has 2 aromatic carbocycles. The maximum atomic E-state index is 12.1. The molecule has 0 aliphatic carbocycles. The minimum Gasteiger partial charge on any atom is -0.387 e. The van der Waals surface area contributed by atoms with E-state index in [1.54, 1.807) is 5.38 Å². The molecule has 158 valence electrons. The second-order valence-corrected chi connectivity index (χ2v) is 8.13. The van der Waals surface area contributed by atoms with E-state index in [4.69, 9.17) is 5.73 Å². The van der Waals surface area contributed by atoms with E-state index in [0.717, 1.165) is 24.1 Å². The summed E-state index contributed by atoms with van der Waals surface area (Å²) in [5.41, 5.74) is 9.13. The first-order valence-corrected chi connectivity index (χ1v) is 11.0. The van der Waals surface area contributed by atoms with Crippen LogP contribution in [-0.2, 0) is 17.6 Å². The molecule has 1 aromatic heterocycles. The quantitative estimate of drug-likeness (QED) is 0.399. The lowest BCUT2D eigenvalue weighted by Crippen LogP contribution is -2.34. The summed E-state index contributed by atoms with van der Waals surface area (Å²) >= 11 is 1.33. The van der Waals surface area contributed by atoms with Gasteiger partial charge in [0, 0.05) is 23.7 Å². The van der Waals surface area contributed by atoms with Crippen LogP contribution in [0.4, 0.5) is 10.8 Å². The van der Waals surface area contributed by atoms with Crippen LogP contribution < -0.4 is 16.4 Å². The van der Waals surface area contributed by atoms with Crippen molar-refractivity contribution in [1.29, 1.82) is 0 Å². The lowest BCUT2D eigenvalue weighted by atomic mass is 10.0. The van der Waals surface area contributed by atoms with Gasteiger partial charge in [-0.3, -0.25) is 4.79 Å². The first-order chi connectivity index (χ1) is 14.5. The number of hydrogen-bond donors (Lipinski definition) is 4. The number of nitrogens with one attached hydrogen (secondary N) is 2. The molecule has 3 rings (SSSR count). The van der Waals surface area contributed by atoms with Crippen LogP contribution in [0.5, 0.6) is 0 Å². The highest BCUT2D eigenvalue weighted by atomic mass is 32.1. The molecule has 0 bridgehead atoms. The molecular formula is C23H28N4O2S. The Balaban J connectivity index is 1.47. The fourth-order valence-electron chi connectivity index (χ4n) is 3.21. The van der Waals surface area contributed by atoms with Crippen molar-refractivity contribution in [3.8, 4) is 0 Å². The van der Waals surface area contributed by atoms with Gasteiger partial charge in [0.2, 0.25) is 5.91 Å². The van der Waals surface area contributed by atoms with Crippen LogP contribution in [0.3, 0.4) is 0 Å². The summed E-state index contributed by atoms with van der Waals surface area (Å²) in [5.74, 6) is -0.115. The van der Waals surface area contributed by atoms with Gasteiger partial charge < -0.3 is 21.5 Å². The van der Waals surface area contributed by atoms with E-state index in [0.29, 0.717) is 17.4 Å². The third kappa shape index (κ3) is 6.66. The zero-order valence-corrected chi connectivity index (χ0v) is 17.9. The molecule has 2 atom stereocenters. The Kier molecular flexibility index (Phi) is 7.96. The van der Waals surface area contributed by atoms with Gasteiger partial charge in [-0.15, -0.1) is 11.3 Å². The number of nitrogens with zero attached hydrogens (tertiary/aromatic N) is 1. The van der Waals surface area contributed by atoms with Crippen LogP contribution in [0.1, 0.15) is 36.3 Å². The molecule has 0 aliphatic heterocycles. The second-order valence-electron chi connectivity index (χ2n) is 7.24. The summed E-state index contributed by atoms with van der Waals surface area (Å²) in [6.07, 6.45) is 1.49. The molecule has 0 saturated carbocycles. The van der Waals surface area contributed by atoms with E-state index in [-0.39, 0.29) is 18.4 Å². The van der Waals surface area contributed by atoms with Crippen molar-refractivity contribution in [2.24, 2.45) is 0 Å². The average molecular weight is 425 g/mol. The molecule has 6 nitrogen and oxygen atoms in total. The van der Waals surface area contributed by atoms with Gasteiger partial charge in [0.1, 0.15) is 0 Å². The van der Waals surface area contributed by atoms with Gasteiger partial charge in [-0.05, 0) is 36.1 Å². The number of benzene rings is 2. The highest BCUT2D eigenvalue weighted by molar-refractivity contribution is 7.13. The number of hydrogen-bond acceptors (Lipinski definition) is 6. The normalized spacial score (nSPS) is 13.0. The molecule has 1 amide bonds. The fourth-order valence-corrected chi connectivity index (χ4v) is 3.78. The van der Waals surface area contributed by atoms with Crippen LogP contribution >= 0.6 is 11.3 Å². The zero-order chi connectivity index (χ0) is 21.3. The second kappa shape index (κ2) is 10.9. The number of anilines is 2. The van der Waals surface area contributed by atoms with Gasteiger partial charge >= 0.3 is 0 Å². The number of aliphatic hydroxyl groups is 1. The van der Waals surface area contributed by atoms with E-state index in [1.165, 1.54) is 16.9 Å². The van der Waals surface area contributed by atoms with Crippen LogP contribution in [0.2, 0.25) is 0 Å². The largest absolute Gasteiger partial charge is 0.387 e. The van der Waals surface area contributed by atoms with E-state index >= 15 is 0 Å².